The van der Waals surface area contributed by atoms with Crippen molar-refractivity contribution in [3.05, 3.63) is 42.5 Å². The molecule has 0 saturated heterocycles. The zero-order valence-electron chi connectivity index (χ0n) is 10.1. The Morgan fingerprint density at radius 1 is 1.31 bits per heavy atom. The van der Waals surface area contributed by atoms with Gasteiger partial charge in [-0.1, -0.05) is 30.7 Å². The van der Waals surface area contributed by atoms with Gasteiger partial charge in [0.05, 0.1) is 13.2 Å². The minimum absolute atomic E-state index is 0.114. The van der Waals surface area contributed by atoms with E-state index in [0.717, 1.165) is 12.2 Å². The van der Waals surface area contributed by atoms with Crippen LogP contribution >= 0.6 is 0 Å². The summed E-state index contributed by atoms with van der Waals surface area (Å²) >= 11 is 0. The average Bonchev–Trinajstić information content (AvgIpc) is 2.31. The first-order chi connectivity index (χ1) is 7.76. The first-order valence-electron chi connectivity index (χ1n) is 5.68. The van der Waals surface area contributed by atoms with Crippen LogP contribution in [0.2, 0.25) is 0 Å². The summed E-state index contributed by atoms with van der Waals surface area (Å²) in [6.07, 6.45) is 2.80. The van der Waals surface area contributed by atoms with Gasteiger partial charge in [-0.25, -0.2) is 0 Å². The molecule has 0 aliphatic rings. The van der Waals surface area contributed by atoms with Crippen molar-refractivity contribution in [2.75, 3.05) is 13.2 Å². The lowest BCUT2D eigenvalue weighted by Gasteiger charge is -2.17. The normalized spacial score (nSPS) is 12.1. The van der Waals surface area contributed by atoms with Gasteiger partial charge >= 0.3 is 0 Å². The molecule has 0 bridgehead atoms. The maximum atomic E-state index is 5.81. The van der Waals surface area contributed by atoms with E-state index in [0.29, 0.717) is 13.2 Å². The average molecular weight is 220 g/mol. The highest BCUT2D eigenvalue weighted by Gasteiger charge is 2.07. The van der Waals surface area contributed by atoms with E-state index in [4.69, 9.17) is 9.47 Å². The molecule has 0 heterocycles. The Kier molecular flexibility index (Phi) is 5.65. The van der Waals surface area contributed by atoms with Crippen LogP contribution in [-0.4, -0.2) is 19.3 Å². The molecule has 0 amide bonds. The van der Waals surface area contributed by atoms with Gasteiger partial charge < -0.3 is 9.47 Å². The van der Waals surface area contributed by atoms with Crippen LogP contribution in [0.4, 0.5) is 0 Å². The summed E-state index contributed by atoms with van der Waals surface area (Å²) in [6.45, 7) is 8.95. The molecule has 0 aliphatic carbocycles. The Hall–Kier alpha value is -1.28. The van der Waals surface area contributed by atoms with Gasteiger partial charge in [0.25, 0.3) is 0 Å². The Morgan fingerprint density at radius 2 is 2.00 bits per heavy atom. The second-order valence-corrected chi connectivity index (χ2v) is 3.79. The highest BCUT2D eigenvalue weighted by atomic mass is 16.5. The molecule has 1 atom stereocenters. The van der Waals surface area contributed by atoms with Crippen LogP contribution in [0.1, 0.15) is 18.9 Å². The van der Waals surface area contributed by atoms with Crippen molar-refractivity contribution in [2.45, 2.75) is 26.4 Å². The quantitative estimate of drug-likeness (QED) is 0.518. The molecule has 1 unspecified atom stereocenters. The lowest BCUT2D eigenvalue weighted by molar-refractivity contribution is 0.0620. The number of rotatable bonds is 7. The van der Waals surface area contributed by atoms with Crippen LogP contribution in [0.15, 0.2) is 36.9 Å². The van der Waals surface area contributed by atoms with Gasteiger partial charge in [0.1, 0.15) is 11.9 Å². The molecule has 0 spiro atoms. The summed E-state index contributed by atoms with van der Waals surface area (Å²) in [4.78, 5) is 0. The zero-order chi connectivity index (χ0) is 11.8. The summed E-state index contributed by atoms with van der Waals surface area (Å²) in [5.41, 5.74) is 1.24. The topological polar surface area (TPSA) is 18.5 Å². The molecular formula is C14H20O2. The molecule has 0 aromatic heterocycles. The van der Waals surface area contributed by atoms with E-state index in [-0.39, 0.29) is 6.10 Å². The van der Waals surface area contributed by atoms with Gasteiger partial charge in [-0.15, -0.1) is 6.58 Å². The van der Waals surface area contributed by atoms with E-state index < -0.39 is 0 Å². The van der Waals surface area contributed by atoms with E-state index in [1.165, 1.54) is 5.56 Å². The second-order valence-electron chi connectivity index (χ2n) is 3.79. The molecule has 0 aliphatic heterocycles. The van der Waals surface area contributed by atoms with E-state index in [9.17, 15) is 0 Å². The predicted molar refractivity (Wildman–Crippen MR) is 66.9 cm³/mol. The third-order valence-corrected chi connectivity index (χ3v) is 2.32. The fourth-order valence-corrected chi connectivity index (χ4v) is 1.33. The first kappa shape index (κ1) is 12.8. The van der Waals surface area contributed by atoms with Crippen molar-refractivity contribution in [1.29, 1.82) is 0 Å². The predicted octanol–water partition coefficient (Wildman–Crippen LogP) is 3.36. The van der Waals surface area contributed by atoms with Crippen molar-refractivity contribution >= 4 is 0 Å². The van der Waals surface area contributed by atoms with Gasteiger partial charge in [-0.2, -0.15) is 0 Å². The highest BCUT2D eigenvalue weighted by Crippen LogP contribution is 2.14. The SMILES string of the molecule is C=CCOCC(CC)Oc1ccc(C)cc1. The van der Waals surface area contributed by atoms with Crippen LogP contribution < -0.4 is 4.74 Å². The zero-order valence-corrected chi connectivity index (χ0v) is 10.1. The molecule has 0 N–H and O–H groups in total. The van der Waals surface area contributed by atoms with Crippen molar-refractivity contribution in [1.82, 2.24) is 0 Å². The van der Waals surface area contributed by atoms with Gasteiger partial charge in [0.15, 0.2) is 0 Å². The van der Waals surface area contributed by atoms with E-state index in [2.05, 4.69) is 20.4 Å². The molecule has 1 aromatic rings. The Bertz CT molecular complexity index is 303. The third kappa shape index (κ3) is 4.49. The molecule has 88 valence electrons. The van der Waals surface area contributed by atoms with Crippen molar-refractivity contribution in [3.63, 3.8) is 0 Å². The largest absolute Gasteiger partial charge is 0.488 e. The van der Waals surface area contributed by atoms with Crippen LogP contribution in [0.3, 0.4) is 0 Å². The van der Waals surface area contributed by atoms with Crippen LogP contribution in [0, 0.1) is 6.92 Å². The molecule has 1 aromatic carbocycles. The Balaban J connectivity index is 2.42. The smallest absolute Gasteiger partial charge is 0.122 e. The molecule has 1 rings (SSSR count). The van der Waals surface area contributed by atoms with Gasteiger partial charge in [0.2, 0.25) is 0 Å². The monoisotopic (exact) mass is 220 g/mol. The maximum Gasteiger partial charge on any atom is 0.122 e. The summed E-state index contributed by atoms with van der Waals surface area (Å²) in [6, 6.07) is 8.08. The Labute approximate surface area is 97.9 Å². The fraction of sp³-hybridized carbons (Fsp3) is 0.429. The van der Waals surface area contributed by atoms with Gasteiger partial charge in [-0.3, -0.25) is 0 Å². The van der Waals surface area contributed by atoms with Crippen molar-refractivity contribution < 1.29 is 9.47 Å². The molecular weight excluding hydrogens is 200 g/mol. The number of hydrogen-bond acceptors (Lipinski definition) is 2. The number of hydrogen-bond donors (Lipinski definition) is 0. The molecule has 0 saturated carbocycles. The minimum Gasteiger partial charge on any atom is -0.488 e. The lowest BCUT2D eigenvalue weighted by atomic mass is 10.2. The second kappa shape index (κ2) is 7.07. The van der Waals surface area contributed by atoms with Crippen molar-refractivity contribution in [2.24, 2.45) is 0 Å². The van der Waals surface area contributed by atoms with E-state index >= 15 is 0 Å². The standard InChI is InChI=1S/C14H20O2/c1-4-10-15-11-13(5-2)16-14-8-6-12(3)7-9-14/h4,6-9,13H,1,5,10-11H2,2-3H3. The number of benzene rings is 1. The lowest BCUT2D eigenvalue weighted by Crippen LogP contribution is -2.22. The number of aryl methyl sites for hydroxylation is 1. The van der Waals surface area contributed by atoms with Crippen LogP contribution in [-0.2, 0) is 4.74 Å². The van der Waals surface area contributed by atoms with Crippen LogP contribution in [0.25, 0.3) is 0 Å². The van der Waals surface area contributed by atoms with Gasteiger partial charge in [0, 0.05) is 0 Å². The minimum atomic E-state index is 0.114. The molecule has 2 nitrogen and oxygen atoms in total. The molecule has 0 radical (unpaired) electrons. The van der Waals surface area contributed by atoms with Crippen LogP contribution in [0.5, 0.6) is 5.75 Å². The molecule has 16 heavy (non-hydrogen) atoms. The summed E-state index contributed by atoms with van der Waals surface area (Å²) in [7, 11) is 0. The maximum absolute atomic E-state index is 5.81. The highest BCUT2D eigenvalue weighted by molar-refractivity contribution is 5.26. The van der Waals surface area contributed by atoms with E-state index in [1.807, 2.05) is 24.3 Å². The summed E-state index contributed by atoms with van der Waals surface area (Å²) < 4.78 is 11.2. The summed E-state index contributed by atoms with van der Waals surface area (Å²) in [5, 5.41) is 0. The summed E-state index contributed by atoms with van der Waals surface area (Å²) in [5.74, 6) is 0.902. The van der Waals surface area contributed by atoms with Gasteiger partial charge in [-0.05, 0) is 25.5 Å². The third-order valence-electron chi connectivity index (χ3n) is 2.32. The van der Waals surface area contributed by atoms with Crippen molar-refractivity contribution in [3.8, 4) is 5.75 Å². The Morgan fingerprint density at radius 3 is 2.56 bits per heavy atom. The van der Waals surface area contributed by atoms with E-state index in [1.54, 1.807) is 6.08 Å². The molecule has 2 heteroatoms. The first-order valence-corrected chi connectivity index (χ1v) is 5.68. The number of ether oxygens (including phenoxy) is 2. The molecule has 0 fully saturated rings. The fourth-order valence-electron chi connectivity index (χ4n) is 1.33.